The van der Waals surface area contributed by atoms with Crippen LogP contribution in [-0.4, -0.2) is 0 Å². The smallest absolute Gasteiger partial charge is 0.00576 e. The normalized spacial score (nSPS) is 7.25. The average Bonchev–Trinajstić information content (AvgIpc) is 1.88. The maximum atomic E-state index is 4.78. The van der Waals surface area contributed by atoms with Crippen molar-refractivity contribution in [2.24, 2.45) is 0 Å². The number of allylic oxidation sites excluding steroid dienone is 2. The van der Waals surface area contributed by atoms with E-state index in [-0.39, 0.29) is 0 Å². The van der Waals surface area contributed by atoms with Gasteiger partial charge in [-0.2, -0.15) is 0 Å². The van der Waals surface area contributed by atoms with Crippen LogP contribution >= 0.6 is 0 Å². The number of hydrogen-bond acceptors (Lipinski definition) is 0. The van der Waals surface area contributed by atoms with Crippen molar-refractivity contribution in [1.82, 2.24) is 0 Å². The van der Waals surface area contributed by atoms with Crippen molar-refractivity contribution in [3.05, 3.63) is 12.2 Å². The summed E-state index contributed by atoms with van der Waals surface area (Å²) in [5, 5.41) is 0. The van der Waals surface area contributed by atoms with Crippen molar-refractivity contribution < 1.29 is 0 Å². The highest BCUT2D eigenvalue weighted by molar-refractivity contribution is 4.80. The van der Waals surface area contributed by atoms with Gasteiger partial charge in [-0.25, -0.2) is 0 Å². The number of hydrogen-bond donors (Lipinski definition) is 0. The largest absolute Gasteiger partial charge is 0.120 e. The van der Waals surface area contributed by atoms with E-state index in [1.165, 1.54) is 0 Å². The molecular formula is C8H14. The molecule has 0 radical (unpaired) electrons. The van der Waals surface area contributed by atoms with Gasteiger partial charge in [-0.3, -0.25) is 0 Å². The van der Waals surface area contributed by atoms with Gasteiger partial charge < -0.3 is 0 Å². The van der Waals surface area contributed by atoms with E-state index in [0.717, 1.165) is 6.42 Å². The molecule has 0 amide bonds. The maximum absolute atomic E-state index is 4.78. The first kappa shape index (κ1) is 10.3. The molecule has 0 saturated carbocycles. The van der Waals surface area contributed by atoms with Gasteiger partial charge in [0.2, 0.25) is 0 Å². The molecule has 0 heterocycles. The van der Waals surface area contributed by atoms with E-state index in [1.54, 1.807) is 0 Å². The summed E-state index contributed by atoms with van der Waals surface area (Å²) in [6, 6.07) is 0. The molecule has 0 unspecified atom stereocenters. The fraction of sp³-hybridized carbons (Fsp3) is 0.500. The van der Waals surface area contributed by atoms with E-state index >= 15 is 0 Å². The lowest BCUT2D eigenvalue weighted by Crippen LogP contribution is -1.38. The van der Waals surface area contributed by atoms with Crippen molar-refractivity contribution in [1.29, 1.82) is 0 Å². The maximum Gasteiger partial charge on any atom is 0.00576 e. The molecule has 0 aromatic heterocycles. The lowest BCUT2D eigenvalue weighted by Gasteiger charge is -1.52. The van der Waals surface area contributed by atoms with Crippen LogP contribution in [0.3, 0.4) is 0 Å². The van der Waals surface area contributed by atoms with Crippen LogP contribution in [0.4, 0.5) is 0 Å². The number of terminal acetylenes is 1. The molecule has 0 nitrogen and oxygen atoms in total. The Morgan fingerprint density at radius 3 is 1.62 bits per heavy atom. The predicted molar refractivity (Wildman–Crippen MR) is 39.6 cm³/mol. The van der Waals surface area contributed by atoms with E-state index in [9.17, 15) is 0 Å². The van der Waals surface area contributed by atoms with Crippen molar-refractivity contribution in [3.8, 4) is 12.3 Å². The molecule has 8 heavy (non-hydrogen) atoms. The summed E-state index contributed by atoms with van der Waals surface area (Å²) in [6.07, 6.45) is 9.62. The molecule has 0 saturated heterocycles. The van der Waals surface area contributed by atoms with Crippen molar-refractivity contribution in [2.75, 3.05) is 0 Å². The molecule has 0 N–H and O–H groups in total. The molecule has 0 rings (SSSR count). The fourth-order valence-electron chi connectivity index (χ4n) is 0. The monoisotopic (exact) mass is 110 g/mol. The molecular weight excluding hydrogens is 96.1 g/mol. The molecule has 46 valence electrons. The summed E-state index contributed by atoms with van der Waals surface area (Å²) in [6.45, 7) is 5.94. The molecule has 0 spiro atoms. The summed E-state index contributed by atoms with van der Waals surface area (Å²) < 4.78 is 0. The summed E-state index contributed by atoms with van der Waals surface area (Å²) >= 11 is 0. The van der Waals surface area contributed by atoms with Gasteiger partial charge in [0.25, 0.3) is 0 Å². The van der Waals surface area contributed by atoms with Crippen molar-refractivity contribution >= 4 is 0 Å². The van der Waals surface area contributed by atoms with Gasteiger partial charge in [-0.1, -0.05) is 19.1 Å². The van der Waals surface area contributed by atoms with Crippen LogP contribution in [0.15, 0.2) is 12.2 Å². The second-order valence-electron chi connectivity index (χ2n) is 1.22. The molecule has 0 aromatic carbocycles. The Morgan fingerprint density at radius 2 is 1.62 bits per heavy atom. The first-order valence-corrected chi connectivity index (χ1v) is 2.84. The minimum Gasteiger partial charge on any atom is -0.120 e. The highest BCUT2D eigenvalue weighted by Crippen LogP contribution is 1.58. The van der Waals surface area contributed by atoms with Crippen LogP contribution in [0.25, 0.3) is 0 Å². The van der Waals surface area contributed by atoms with Crippen LogP contribution in [0.1, 0.15) is 27.2 Å². The van der Waals surface area contributed by atoms with Gasteiger partial charge in [-0.15, -0.1) is 12.3 Å². The Kier molecular flexibility index (Phi) is 21.0. The zero-order valence-corrected chi connectivity index (χ0v) is 5.94. The molecule has 0 fully saturated rings. The van der Waals surface area contributed by atoms with Crippen molar-refractivity contribution in [3.63, 3.8) is 0 Å². The Hall–Kier alpha value is -0.700. The minimum absolute atomic E-state index is 0.847. The number of rotatable bonds is 0. The first-order chi connectivity index (χ1) is 3.83. The predicted octanol–water partition coefficient (Wildman–Crippen LogP) is 2.61. The third-order valence-electron chi connectivity index (χ3n) is 0.537. The molecule has 0 aliphatic heterocycles. The Labute approximate surface area is 52.6 Å². The summed E-state index contributed by atoms with van der Waals surface area (Å²) in [5.74, 6) is 2.43. The second kappa shape index (κ2) is 16.3. The second-order valence-corrected chi connectivity index (χ2v) is 1.22. The Balaban J connectivity index is 0. The van der Waals surface area contributed by atoms with Gasteiger partial charge >= 0.3 is 0 Å². The third-order valence-corrected chi connectivity index (χ3v) is 0.537. The van der Waals surface area contributed by atoms with Crippen LogP contribution in [0.5, 0.6) is 0 Å². The van der Waals surface area contributed by atoms with Gasteiger partial charge in [0.05, 0.1) is 0 Å². The highest BCUT2D eigenvalue weighted by Gasteiger charge is 1.43. The molecule has 0 aliphatic rings. The summed E-state index contributed by atoms with van der Waals surface area (Å²) in [4.78, 5) is 0. The Bertz CT molecular complexity index is 68.5. The van der Waals surface area contributed by atoms with Gasteiger partial charge in [0.1, 0.15) is 0 Å². The van der Waals surface area contributed by atoms with Crippen LogP contribution in [0.2, 0.25) is 0 Å². The molecule has 0 heteroatoms. The fourth-order valence-corrected chi connectivity index (χ4v) is 0. The zero-order chi connectivity index (χ0) is 6.83. The van der Waals surface area contributed by atoms with Gasteiger partial charge in [0, 0.05) is 6.42 Å². The lowest BCUT2D eigenvalue weighted by atomic mass is 10.5. The molecule has 0 atom stereocenters. The van der Waals surface area contributed by atoms with E-state index in [4.69, 9.17) is 6.42 Å². The Morgan fingerprint density at radius 1 is 1.38 bits per heavy atom. The average molecular weight is 110 g/mol. The van der Waals surface area contributed by atoms with Gasteiger partial charge in [-0.05, 0) is 13.8 Å². The van der Waals surface area contributed by atoms with E-state index in [1.807, 2.05) is 32.9 Å². The van der Waals surface area contributed by atoms with Crippen LogP contribution < -0.4 is 0 Å². The zero-order valence-electron chi connectivity index (χ0n) is 5.94. The minimum atomic E-state index is 0.847. The summed E-state index contributed by atoms with van der Waals surface area (Å²) in [7, 11) is 0. The van der Waals surface area contributed by atoms with Crippen LogP contribution in [-0.2, 0) is 0 Å². The lowest BCUT2D eigenvalue weighted by molar-refractivity contribution is 1.28. The third kappa shape index (κ3) is 58.0. The summed E-state index contributed by atoms with van der Waals surface area (Å²) in [5.41, 5.74) is 0. The standard InChI is InChI=1S/C4H8.C4H6/c2*1-3-4-2/h3-4H,1-2H3;1H,4H2,2H3. The van der Waals surface area contributed by atoms with E-state index < -0.39 is 0 Å². The quantitative estimate of drug-likeness (QED) is 0.332. The van der Waals surface area contributed by atoms with E-state index in [0.29, 0.717) is 0 Å². The SMILES string of the molecule is C#CCC.CC=CC. The first-order valence-electron chi connectivity index (χ1n) is 2.84. The highest BCUT2D eigenvalue weighted by atomic mass is 13.5. The molecule has 0 aliphatic carbocycles. The van der Waals surface area contributed by atoms with E-state index in [2.05, 4.69) is 5.92 Å². The topological polar surface area (TPSA) is 0 Å². The molecule has 0 bridgehead atoms. The van der Waals surface area contributed by atoms with Crippen molar-refractivity contribution in [2.45, 2.75) is 27.2 Å². The van der Waals surface area contributed by atoms with Gasteiger partial charge in [0.15, 0.2) is 0 Å². The molecule has 0 aromatic rings. The van der Waals surface area contributed by atoms with Crippen LogP contribution in [0, 0.1) is 12.3 Å².